The molecule has 0 spiro atoms. The summed E-state index contributed by atoms with van der Waals surface area (Å²) in [5.41, 5.74) is 1.32. The Hall–Kier alpha value is -3.74. The lowest BCUT2D eigenvalue weighted by Gasteiger charge is -2.25. The molecule has 12 heteroatoms. The van der Waals surface area contributed by atoms with Crippen LogP contribution < -0.4 is 4.90 Å². The maximum atomic E-state index is 11.6. The van der Waals surface area contributed by atoms with Crippen molar-refractivity contribution < 1.29 is 49.8 Å². The number of aliphatic imine (C=N–C) groups is 1. The Kier molecular flexibility index (Phi) is 8.80. The second-order valence-corrected chi connectivity index (χ2v) is 8.49. The highest BCUT2D eigenvalue weighted by atomic mass is 16.5. The predicted octanol–water partition coefficient (Wildman–Crippen LogP) is 0.549. The quantitative estimate of drug-likeness (QED) is 0.316. The number of benzene rings is 1. The van der Waals surface area contributed by atoms with Crippen LogP contribution in [0.4, 0.5) is 5.69 Å². The first kappa shape index (κ1) is 26.9. The molecule has 0 saturated carbocycles. The highest BCUT2D eigenvalue weighted by Gasteiger charge is 2.33. The van der Waals surface area contributed by atoms with Crippen molar-refractivity contribution >= 4 is 29.3 Å². The summed E-state index contributed by atoms with van der Waals surface area (Å²) >= 11 is 0. The Morgan fingerprint density at radius 3 is 2.47 bits per heavy atom. The van der Waals surface area contributed by atoms with Gasteiger partial charge in [-0.25, -0.2) is 14.4 Å². The molecule has 4 rings (SSSR count). The number of rotatable bonds is 6. The summed E-state index contributed by atoms with van der Waals surface area (Å²) in [4.78, 5) is 39.1. The molecule has 1 saturated heterocycles. The molecule has 3 aliphatic rings. The number of allylic oxidation sites excluding steroid dienone is 1. The van der Waals surface area contributed by atoms with Gasteiger partial charge in [-0.05, 0) is 54.3 Å². The van der Waals surface area contributed by atoms with Crippen LogP contribution in [0, 0.1) is 0 Å². The number of hydrogen-bond acceptors (Lipinski definition) is 9. The van der Waals surface area contributed by atoms with E-state index in [9.17, 15) is 24.6 Å². The number of carboxylic acids is 3. The van der Waals surface area contributed by atoms with Crippen LogP contribution in [-0.2, 0) is 25.5 Å². The summed E-state index contributed by atoms with van der Waals surface area (Å²) in [6, 6.07) is 2.44. The highest BCUT2D eigenvalue weighted by Crippen LogP contribution is 2.35. The van der Waals surface area contributed by atoms with Gasteiger partial charge in [0, 0.05) is 31.3 Å². The van der Waals surface area contributed by atoms with Gasteiger partial charge in [-0.15, -0.1) is 0 Å². The lowest BCUT2D eigenvalue weighted by Crippen LogP contribution is -2.36. The zero-order valence-electron chi connectivity index (χ0n) is 19.2. The monoisotopic (exact) mass is 504 g/mol. The molecule has 36 heavy (non-hydrogen) atoms. The van der Waals surface area contributed by atoms with Gasteiger partial charge < -0.3 is 40.3 Å². The predicted molar refractivity (Wildman–Crippen MR) is 126 cm³/mol. The number of anilines is 1. The molecule has 12 nitrogen and oxygen atoms in total. The van der Waals surface area contributed by atoms with E-state index in [2.05, 4.69) is 4.99 Å². The Labute approximate surface area is 206 Å². The van der Waals surface area contributed by atoms with E-state index in [0.29, 0.717) is 23.4 Å². The lowest BCUT2D eigenvalue weighted by molar-refractivity contribution is -0.139. The van der Waals surface area contributed by atoms with Crippen molar-refractivity contribution in [1.82, 2.24) is 0 Å². The number of dihydropyridines is 1. The van der Waals surface area contributed by atoms with E-state index in [0.717, 1.165) is 12.8 Å². The fourth-order valence-electron chi connectivity index (χ4n) is 4.11. The molecular formula is C24H28N2O10. The van der Waals surface area contributed by atoms with Gasteiger partial charge in [0.15, 0.2) is 6.04 Å². The van der Waals surface area contributed by atoms with Crippen molar-refractivity contribution in [2.45, 2.75) is 50.0 Å². The van der Waals surface area contributed by atoms with Crippen LogP contribution in [-0.4, -0.2) is 91.8 Å². The minimum atomic E-state index is -1.34. The van der Waals surface area contributed by atoms with Crippen LogP contribution >= 0.6 is 0 Å². The Bertz CT molecular complexity index is 1100. The number of aliphatic hydroxyl groups is 2. The molecule has 3 heterocycles. The third-order valence-corrected chi connectivity index (χ3v) is 5.96. The standard InChI is InChI=1S/C18H16N2O7.C6H12O3/c21-11-1-2-14-10(7-11)8-15(18(26)27)20(14)4-3-9-5-12(16(22)23)19-13(6-9)17(24)25;7-4-6-5(8)2-1-3-9-6/h1-5,7,13,15,21H,6,8H2,(H,22,23)(H,24,25)(H,26,27);5-8H,1-4H2/b4-3+;/t13?,15-;5?,6-/m11/s1. The van der Waals surface area contributed by atoms with E-state index in [1.807, 2.05) is 0 Å². The number of hydrogen-bond donors (Lipinski definition) is 6. The second kappa shape index (κ2) is 11.8. The van der Waals surface area contributed by atoms with Crippen LogP contribution in [0.1, 0.15) is 24.8 Å². The fourth-order valence-corrected chi connectivity index (χ4v) is 4.11. The van der Waals surface area contributed by atoms with Gasteiger partial charge in [0.25, 0.3) is 0 Å². The third kappa shape index (κ3) is 6.47. The molecule has 0 radical (unpaired) electrons. The summed E-state index contributed by atoms with van der Waals surface area (Å²) in [6.07, 6.45) is 5.30. The van der Waals surface area contributed by atoms with E-state index in [-0.39, 0.29) is 37.0 Å². The number of aliphatic carboxylic acids is 3. The molecule has 6 N–H and O–H groups in total. The van der Waals surface area contributed by atoms with Crippen LogP contribution in [0.15, 0.2) is 47.1 Å². The minimum Gasteiger partial charge on any atom is -0.508 e. The molecule has 0 aromatic heterocycles. The normalized spacial score (nSPS) is 25.3. The summed E-state index contributed by atoms with van der Waals surface area (Å²) in [7, 11) is 0. The van der Waals surface area contributed by atoms with Gasteiger partial charge in [0.1, 0.15) is 23.6 Å². The molecule has 1 fully saturated rings. The first-order chi connectivity index (χ1) is 17.1. The van der Waals surface area contributed by atoms with E-state index in [1.165, 1.54) is 35.4 Å². The van der Waals surface area contributed by atoms with E-state index >= 15 is 0 Å². The molecule has 2 unspecified atom stereocenters. The average molecular weight is 504 g/mol. The number of phenols is 1. The number of carboxylic acid groups (broad SMARTS) is 3. The van der Waals surface area contributed by atoms with Gasteiger partial charge in [0.2, 0.25) is 0 Å². The van der Waals surface area contributed by atoms with Gasteiger partial charge in [0.05, 0.1) is 12.7 Å². The number of ether oxygens (including phenoxy) is 1. The van der Waals surface area contributed by atoms with Crippen molar-refractivity contribution in [3.8, 4) is 5.75 Å². The molecule has 0 amide bonds. The number of aromatic hydroxyl groups is 1. The molecule has 1 aromatic carbocycles. The summed E-state index contributed by atoms with van der Waals surface area (Å²) < 4.78 is 5.04. The maximum absolute atomic E-state index is 11.6. The smallest absolute Gasteiger partial charge is 0.354 e. The van der Waals surface area contributed by atoms with Crippen molar-refractivity contribution in [3.05, 3.63) is 47.7 Å². The van der Waals surface area contributed by atoms with E-state index in [4.69, 9.17) is 25.2 Å². The lowest BCUT2D eigenvalue weighted by atomic mass is 10.0. The fraction of sp³-hybridized carbons (Fsp3) is 0.417. The molecule has 1 aromatic rings. The van der Waals surface area contributed by atoms with Gasteiger partial charge >= 0.3 is 17.9 Å². The van der Waals surface area contributed by atoms with Crippen molar-refractivity contribution in [2.24, 2.45) is 4.99 Å². The zero-order valence-corrected chi connectivity index (χ0v) is 19.2. The van der Waals surface area contributed by atoms with Crippen molar-refractivity contribution in [2.75, 3.05) is 18.1 Å². The van der Waals surface area contributed by atoms with Gasteiger partial charge in [-0.3, -0.25) is 4.99 Å². The summed E-state index contributed by atoms with van der Waals surface area (Å²) in [5.74, 6) is -3.59. The molecule has 0 bridgehead atoms. The zero-order chi connectivity index (χ0) is 26.4. The topological polar surface area (TPSA) is 197 Å². The third-order valence-electron chi connectivity index (χ3n) is 5.96. The largest absolute Gasteiger partial charge is 0.508 e. The SMILES string of the molecule is O=C(O)C1=NC(C(=O)O)CC(/C=C/N2c3ccc(O)cc3C[C@@H]2C(=O)O)=C1.OC[C@H]1OCCCC1O. The molecule has 194 valence electrons. The Balaban J connectivity index is 0.000000338. The number of aliphatic hydroxyl groups excluding tert-OH is 2. The van der Waals surface area contributed by atoms with Crippen LogP contribution in [0.25, 0.3) is 0 Å². The van der Waals surface area contributed by atoms with Crippen LogP contribution in [0.2, 0.25) is 0 Å². The number of phenolic OH excluding ortho intramolecular Hbond substituents is 1. The number of fused-ring (bicyclic) bond motifs is 1. The molecule has 3 aliphatic heterocycles. The Morgan fingerprint density at radius 1 is 1.14 bits per heavy atom. The molecule has 4 atom stereocenters. The summed E-state index contributed by atoms with van der Waals surface area (Å²) in [6.45, 7) is 0.601. The van der Waals surface area contributed by atoms with Gasteiger partial charge in [-0.2, -0.15) is 0 Å². The second-order valence-electron chi connectivity index (χ2n) is 8.49. The van der Waals surface area contributed by atoms with Crippen molar-refractivity contribution in [1.29, 1.82) is 0 Å². The van der Waals surface area contributed by atoms with Crippen LogP contribution in [0.5, 0.6) is 5.75 Å². The highest BCUT2D eigenvalue weighted by molar-refractivity contribution is 6.41. The van der Waals surface area contributed by atoms with E-state index in [1.54, 1.807) is 6.07 Å². The summed E-state index contributed by atoms with van der Waals surface area (Å²) in [5, 5.41) is 55.0. The average Bonchev–Trinajstić information content (AvgIpc) is 3.21. The molecule has 0 aliphatic carbocycles. The van der Waals surface area contributed by atoms with E-state index < -0.39 is 36.1 Å². The van der Waals surface area contributed by atoms with Crippen molar-refractivity contribution in [3.63, 3.8) is 0 Å². The van der Waals surface area contributed by atoms with Crippen LogP contribution in [0.3, 0.4) is 0 Å². The van der Waals surface area contributed by atoms with Gasteiger partial charge in [-0.1, -0.05) is 0 Å². The first-order valence-electron chi connectivity index (χ1n) is 11.3. The number of nitrogens with zero attached hydrogens (tertiary/aromatic N) is 2. The molecular weight excluding hydrogens is 476 g/mol. The number of carbonyl (C=O) groups is 3. The first-order valence-corrected chi connectivity index (χ1v) is 11.3. The minimum absolute atomic E-state index is 0.00335. The maximum Gasteiger partial charge on any atom is 0.354 e. The Morgan fingerprint density at radius 2 is 1.89 bits per heavy atom.